The van der Waals surface area contributed by atoms with Crippen molar-refractivity contribution in [3.63, 3.8) is 0 Å². The Bertz CT molecular complexity index is 198. The fourth-order valence-corrected chi connectivity index (χ4v) is 4.01. The van der Waals surface area contributed by atoms with Gasteiger partial charge in [0.2, 0.25) is 0 Å². The predicted octanol–water partition coefficient (Wildman–Crippen LogP) is 3.09. The highest BCUT2D eigenvalue weighted by atomic mass is 32.7. The third-order valence-corrected chi connectivity index (χ3v) is 5.68. The smallest absolute Gasteiger partial charge is 0.00510 e. The van der Waals surface area contributed by atoms with Crippen LogP contribution >= 0.6 is 18.5 Å². The molecular weight excluding hydrogens is 171 g/mol. The summed E-state index contributed by atoms with van der Waals surface area (Å²) in [7, 11) is 0.0409. The topological polar surface area (TPSA) is 0 Å². The Morgan fingerprint density at radius 3 is 2.45 bits per heavy atom. The summed E-state index contributed by atoms with van der Waals surface area (Å²) in [6, 6.07) is 10.7. The highest BCUT2D eigenvalue weighted by molar-refractivity contribution is 8.57. The van der Waals surface area contributed by atoms with Gasteiger partial charge in [-0.2, -0.15) is 0 Å². The van der Waals surface area contributed by atoms with Gasteiger partial charge in [-0.05, 0) is 24.8 Å². The van der Waals surface area contributed by atoms with Crippen LogP contribution in [-0.2, 0) is 0 Å². The minimum atomic E-state index is 0.0409. The molecule has 0 aliphatic heterocycles. The summed E-state index contributed by atoms with van der Waals surface area (Å²) >= 11 is 2.05. The fourth-order valence-electron chi connectivity index (χ4n) is 0.906. The maximum Gasteiger partial charge on any atom is -0.00510 e. The quantitative estimate of drug-likeness (QED) is 0.650. The maximum atomic E-state index is 2.32. The number of hydrogen-bond donors (Lipinski definition) is 0. The van der Waals surface area contributed by atoms with Gasteiger partial charge in [0, 0.05) is 0 Å². The van der Waals surface area contributed by atoms with E-state index in [0.29, 0.717) is 0 Å². The van der Waals surface area contributed by atoms with E-state index in [1.54, 1.807) is 0 Å². The molecular formula is C9H13PS. The fraction of sp³-hybridized carbons (Fsp3) is 0.333. The molecule has 0 saturated heterocycles. The SMILES string of the molecule is CCSP(C)c1ccccc1. The lowest BCUT2D eigenvalue weighted by Crippen LogP contribution is -1.95. The molecule has 1 rings (SSSR count). The van der Waals surface area contributed by atoms with Crippen molar-refractivity contribution < 1.29 is 0 Å². The van der Waals surface area contributed by atoms with E-state index in [0.717, 1.165) is 0 Å². The largest absolute Gasteiger partial charge is 0.130 e. The molecule has 0 aliphatic rings. The second-order valence-electron chi connectivity index (χ2n) is 2.25. The van der Waals surface area contributed by atoms with E-state index < -0.39 is 0 Å². The van der Waals surface area contributed by atoms with Gasteiger partial charge >= 0.3 is 0 Å². The third kappa shape index (κ3) is 2.84. The lowest BCUT2D eigenvalue weighted by molar-refractivity contribution is 1.54. The minimum absolute atomic E-state index is 0.0409. The Labute approximate surface area is 73.9 Å². The molecule has 0 aromatic heterocycles. The Morgan fingerprint density at radius 1 is 1.27 bits per heavy atom. The molecule has 0 saturated carbocycles. The first kappa shape index (κ1) is 9.09. The molecule has 0 nitrogen and oxygen atoms in total. The summed E-state index contributed by atoms with van der Waals surface area (Å²) in [6.45, 7) is 4.53. The van der Waals surface area contributed by atoms with Crippen molar-refractivity contribution in [3.8, 4) is 0 Å². The van der Waals surface area contributed by atoms with Crippen LogP contribution in [0.25, 0.3) is 0 Å². The van der Waals surface area contributed by atoms with E-state index >= 15 is 0 Å². The van der Waals surface area contributed by atoms with Crippen LogP contribution in [0.1, 0.15) is 6.92 Å². The van der Waals surface area contributed by atoms with Gasteiger partial charge in [-0.25, -0.2) is 0 Å². The van der Waals surface area contributed by atoms with Crippen LogP contribution < -0.4 is 5.30 Å². The van der Waals surface area contributed by atoms with E-state index in [1.165, 1.54) is 11.1 Å². The Balaban J connectivity index is 2.61. The Hall–Kier alpha value is 0. The van der Waals surface area contributed by atoms with Crippen molar-refractivity contribution in [1.82, 2.24) is 0 Å². The van der Waals surface area contributed by atoms with E-state index in [1.807, 2.05) is 11.4 Å². The molecule has 1 unspecified atom stereocenters. The highest BCUT2D eigenvalue weighted by Crippen LogP contribution is 2.44. The number of rotatable bonds is 3. The minimum Gasteiger partial charge on any atom is -0.130 e. The van der Waals surface area contributed by atoms with E-state index in [4.69, 9.17) is 0 Å². The van der Waals surface area contributed by atoms with Gasteiger partial charge in [-0.3, -0.25) is 0 Å². The van der Waals surface area contributed by atoms with E-state index in [9.17, 15) is 0 Å². The first-order valence-electron chi connectivity index (χ1n) is 3.76. The second-order valence-corrected chi connectivity index (χ2v) is 7.02. The first-order chi connectivity index (χ1) is 5.34. The molecule has 11 heavy (non-hydrogen) atoms. The van der Waals surface area contributed by atoms with Crippen LogP contribution in [0.15, 0.2) is 30.3 Å². The zero-order chi connectivity index (χ0) is 8.10. The zero-order valence-corrected chi connectivity index (χ0v) is 8.66. The van der Waals surface area contributed by atoms with Crippen LogP contribution in [-0.4, -0.2) is 12.4 Å². The monoisotopic (exact) mass is 184 g/mol. The average Bonchev–Trinajstić information content (AvgIpc) is 2.07. The lowest BCUT2D eigenvalue weighted by atomic mass is 10.4. The van der Waals surface area contributed by atoms with Crippen molar-refractivity contribution in [2.45, 2.75) is 6.92 Å². The first-order valence-corrected chi connectivity index (χ1v) is 7.14. The number of hydrogen-bond acceptors (Lipinski definition) is 1. The Kier molecular flexibility index (Phi) is 3.96. The third-order valence-electron chi connectivity index (χ3n) is 1.44. The molecule has 0 radical (unpaired) electrons. The van der Waals surface area contributed by atoms with E-state index in [2.05, 4.69) is 43.9 Å². The summed E-state index contributed by atoms with van der Waals surface area (Å²) < 4.78 is 0. The van der Waals surface area contributed by atoms with Crippen molar-refractivity contribution in [2.24, 2.45) is 0 Å². The summed E-state index contributed by atoms with van der Waals surface area (Å²) in [4.78, 5) is 0. The van der Waals surface area contributed by atoms with Crippen LogP contribution in [0.4, 0.5) is 0 Å². The van der Waals surface area contributed by atoms with E-state index in [-0.39, 0.29) is 7.12 Å². The zero-order valence-electron chi connectivity index (χ0n) is 6.95. The van der Waals surface area contributed by atoms with Crippen LogP contribution in [0.3, 0.4) is 0 Å². The van der Waals surface area contributed by atoms with Gasteiger partial charge in [0.25, 0.3) is 0 Å². The molecule has 1 aromatic carbocycles. The van der Waals surface area contributed by atoms with Crippen LogP contribution in [0.2, 0.25) is 0 Å². The predicted molar refractivity (Wildman–Crippen MR) is 57.1 cm³/mol. The average molecular weight is 184 g/mol. The molecule has 0 spiro atoms. The molecule has 0 bridgehead atoms. The normalized spacial score (nSPS) is 12.9. The van der Waals surface area contributed by atoms with Gasteiger partial charge in [0.05, 0.1) is 0 Å². The van der Waals surface area contributed by atoms with Gasteiger partial charge in [-0.15, -0.1) is 11.4 Å². The van der Waals surface area contributed by atoms with Crippen molar-refractivity contribution in [3.05, 3.63) is 30.3 Å². The molecule has 1 aromatic rings. The highest BCUT2D eigenvalue weighted by Gasteiger charge is 2.01. The second kappa shape index (κ2) is 4.79. The van der Waals surface area contributed by atoms with Crippen molar-refractivity contribution in [1.29, 1.82) is 0 Å². The molecule has 60 valence electrons. The summed E-state index contributed by atoms with van der Waals surface area (Å²) in [6.07, 6.45) is 0. The Morgan fingerprint density at radius 2 is 1.91 bits per heavy atom. The molecule has 0 N–H and O–H groups in total. The summed E-state index contributed by atoms with van der Waals surface area (Å²) in [5.74, 6) is 1.22. The molecule has 0 fully saturated rings. The standard InChI is InChI=1S/C9H13PS/c1-3-11-10(2)9-7-5-4-6-8-9/h4-8H,3H2,1-2H3. The lowest BCUT2D eigenvalue weighted by Gasteiger charge is -2.09. The van der Waals surface area contributed by atoms with Gasteiger partial charge in [0.15, 0.2) is 0 Å². The van der Waals surface area contributed by atoms with Gasteiger partial charge in [0.1, 0.15) is 0 Å². The van der Waals surface area contributed by atoms with Crippen LogP contribution in [0.5, 0.6) is 0 Å². The summed E-state index contributed by atoms with van der Waals surface area (Å²) in [5.41, 5.74) is 0. The molecule has 2 heteroatoms. The van der Waals surface area contributed by atoms with Crippen molar-refractivity contribution in [2.75, 3.05) is 12.4 Å². The summed E-state index contributed by atoms with van der Waals surface area (Å²) in [5, 5.41) is 1.49. The molecule has 0 heterocycles. The van der Waals surface area contributed by atoms with Gasteiger partial charge < -0.3 is 0 Å². The van der Waals surface area contributed by atoms with Crippen LogP contribution in [0, 0.1) is 0 Å². The molecule has 1 atom stereocenters. The molecule has 0 aliphatic carbocycles. The number of benzene rings is 1. The molecule has 0 amide bonds. The maximum absolute atomic E-state index is 2.32. The van der Waals surface area contributed by atoms with Gasteiger partial charge in [-0.1, -0.05) is 37.3 Å². The van der Waals surface area contributed by atoms with Crippen molar-refractivity contribution >= 4 is 23.8 Å².